The number of hydrogen-bond donors (Lipinski definition) is 1. The molecule has 3 rings (SSSR count). The van der Waals surface area contributed by atoms with Crippen LogP contribution in [0.1, 0.15) is 10.4 Å². The number of carbonyl (C=O) groups is 1. The molecule has 8 nitrogen and oxygen atoms in total. The van der Waals surface area contributed by atoms with Crippen LogP contribution in [-0.2, 0) is 10.0 Å². The van der Waals surface area contributed by atoms with Crippen molar-refractivity contribution in [1.29, 1.82) is 0 Å². The Hall–Kier alpha value is -2.94. The molecular formula is C18H20N2O6S. The fourth-order valence-electron chi connectivity index (χ4n) is 2.65. The van der Waals surface area contributed by atoms with Gasteiger partial charge in [0, 0.05) is 12.1 Å². The highest BCUT2D eigenvalue weighted by atomic mass is 32.2. The Morgan fingerprint density at radius 3 is 2.52 bits per heavy atom. The lowest BCUT2D eigenvalue weighted by molar-refractivity contribution is 0.0954. The largest absolute Gasteiger partial charge is 0.497 e. The van der Waals surface area contributed by atoms with Crippen LogP contribution >= 0.6 is 0 Å². The van der Waals surface area contributed by atoms with Gasteiger partial charge < -0.3 is 19.5 Å². The molecular weight excluding hydrogens is 372 g/mol. The van der Waals surface area contributed by atoms with Gasteiger partial charge in [0.2, 0.25) is 16.8 Å². The lowest BCUT2D eigenvalue weighted by Crippen LogP contribution is -2.38. The molecule has 0 atom stereocenters. The maximum absolute atomic E-state index is 12.3. The number of rotatable bonds is 7. The highest BCUT2D eigenvalue weighted by molar-refractivity contribution is 7.92. The molecule has 1 aliphatic heterocycles. The van der Waals surface area contributed by atoms with E-state index in [4.69, 9.17) is 14.2 Å². The average Bonchev–Trinajstić information content (AvgIpc) is 3.12. The Morgan fingerprint density at radius 2 is 1.85 bits per heavy atom. The van der Waals surface area contributed by atoms with Crippen molar-refractivity contribution in [2.24, 2.45) is 0 Å². The summed E-state index contributed by atoms with van der Waals surface area (Å²) < 4.78 is 41.0. The topological polar surface area (TPSA) is 94.2 Å². The van der Waals surface area contributed by atoms with Crippen LogP contribution in [0, 0.1) is 0 Å². The zero-order valence-corrected chi connectivity index (χ0v) is 15.8. The van der Waals surface area contributed by atoms with Gasteiger partial charge in [-0.15, -0.1) is 0 Å². The van der Waals surface area contributed by atoms with E-state index in [1.54, 1.807) is 42.5 Å². The van der Waals surface area contributed by atoms with Gasteiger partial charge in [0.1, 0.15) is 5.75 Å². The van der Waals surface area contributed by atoms with Gasteiger partial charge in [-0.2, -0.15) is 0 Å². The first-order valence-electron chi connectivity index (χ1n) is 8.18. The molecule has 0 bridgehead atoms. The van der Waals surface area contributed by atoms with Crippen molar-refractivity contribution in [3.8, 4) is 17.2 Å². The number of fused-ring (bicyclic) bond motifs is 1. The molecule has 0 aliphatic carbocycles. The minimum Gasteiger partial charge on any atom is -0.497 e. The molecule has 27 heavy (non-hydrogen) atoms. The summed E-state index contributed by atoms with van der Waals surface area (Å²) >= 11 is 0. The molecule has 2 aromatic rings. The first-order valence-corrected chi connectivity index (χ1v) is 10.0. The predicted molar refractivity (Wildman–Crippen MR) is 100 cm³/mol. The molecule has 9 heteroatoms. The number of carbonyl (C=O) groups excluding carboxylic acids is 1. The molecule has 0 unspecified atom stereocenters. The third-order valence-corrected chi connectivity index (χ3v) is 5.19. The number of anilines is 1. The number of hydrogen-bond acceptors (Lipinski definition) is 6. The molecule has 144 valence electrons. The third-order valence-electron chi connectivity index (χ3n) is 4.00. The number of amides is 1. The molecule has 2 aromatic carbocycles. The van der Waals surface area contributed by atoms with Crippen LogP contribution in [0.15, 0.2) is 42.5 Å². The lowest BCUT2D eigenvalue weighted by Gasteiger charge is -2.22. The zero-order chi connectivity index (χ0) is 19.4. The van der Waals surface area contributed by atoms with E-state index in [9.17, 15) is 13.2 Å². The van der Waals surface area contributed by atoms with E-state index in [2.05, 4.69) is 5.32 Å². The van der Waals surface area contributed by atoms with Crippen molar-refractivity contribution in [1.82, 2.24) is 5.32 Å². The summed E-state index contributed by atoms with van der Waals surface area (Å²) in [7, 11) is -1.97. The maximum atomic E-state index is 12.3. The molecule has 0 aromatic heterocycles. The highest BCUT2D eigenvalue weighted by Crippen LogP contribution is 2.32. The van der Waals surface area contributed by atoms with Crippen LogP contribution < -0.4 is 23.8 Å². The number of nitrogens with zero attached hydrogens (tertiary/aromatic N) is 1. The first kappa shape index (κ1) is 18.8. The molecule has 1 heterocycles. The standard InChI is InChI=1S/C18H20N2O6S/c1-24-15-6-4-14(5-7-15)20(27(2,22)23)10-9-19-18(21)13-3-8-16-17(11-13)26-12-25-16/h3-8,11H,9-10,12H2,1-2H3,(H,19,21). The monoisotopic (exact) mass is 392 g/mol. The highest BCUT2D eigenvalue weighted by Gasteiger charge is 2.19. The first-order chi connectivity index (χ1) is 12.9. The van der Waals surface area contributed by atoms with Crippen LogP contribution in [0.4, 0.5) is 5.69 Å². The summed E-state index contributed by atoms with van der Waals surface area (Å²) in [6.07, 6.45) is 1.12. The number of benzene rings is 2. The van der Waals surface area contributed by atoms with Gasteiger partial charge in [-0.1, -0.05) is 0 Å². The Balaban J connectivity index is 1.64. The van der Waals surface area contributed by atoms with Crippen LogP contribution in [0.2, 0.25) is 0 Å². The SMILES string of the molecule is COc1ccc(N(CCNC(=O)c2ccc3c(c2)OCO3)S(C)(=O)=O)cc1. The van der Waals surface area contributed by atoms with Gasteiger partial charge in [-0.05, 0) is 42.5 Å². The second kappa shape index (κ2) is 7.75. The van der Waals surface area contributed by atoms with Crippen LogP contribution in [-0.4, -0.2) is 47.6 Å². The molecule has 0 radical (unpaired) electrons. The molecule has 1 N–H and O–H groups in total. The summed E-state index contributed by atoms with van der Waals surface area (Å²) in [5, 5.41) is 2.72. The van der Waals surface area contributed by atoms with Gasteiger partial charge in [0.15, 0.2) is 11.5 Å². The zero-order valence-electron chi connectivity index (χ0n) is 15.0. The fraction of sp³-hybridized carbons (Fsp3) is 0.278. The molecule has 0 saturated heterocycles. The normalized spacial score (nSPS) is 12.5. The van der Waals surface area contributed by atoms with Gasteiger partial charge in [-0.3, -0.25) is 9.10 Å². The number of nitrogens with one attached hydrogen (secondary N) is 1. The average molecular weight is 392 g/mol. The van der Waals surface area contributed by atoms with Gasteiger partial charge in [0.05, 0.1) is 25.6 Å². The summed E-state index contributed by atoms with van der Waals surface area (Å²) in [5.41, 5.74) is 0.908. The summed E-state index contributed by atoms with van der Waals surface area (Å²) in [6, 6.07) is 11.5. The van der Waals surface area contributed by atoms with E-state index >= 15 is 0 Å². The second-order valence-electron chi connectivity index (χ2n) is 5.86. The van der Waals surface area contributed by atoms with E-state index in [1.165, 1.54) is 11.4 Å². The Bertz CT molecular complexity index is 927. The summed E-state index contributed by atoms with van der Waals surface area (Å²) in [5.74, 6) is 1.41. The molecule has 1 aliphatic rings. The van der Waals surface area contributed by atoms with E-state index in [0.717, 1.165) is 6.26 Å². The van der Waals surface area contributed by atoms with E-state index in [0.29, 0.717) is 28.5 Å². The number of methoxy groups -OCH3 is 1. The minimum absolute atomic E-state index is 0.0987. The van der Waals surface area contributed by atoms with Crippen LogP contribution in [0.5, 0.6) is 17.2 Å². The molecule has 0 saturated carbocycles. The van der Waals surface area contributed by atoms with Gasteiger partial charge in [0.25, 0.3) is 5.91 Å². The van der Waals surface area contributed by atoms with Gasteiger partial charge in [-0.25, -0.2) is 8.42 Å². The predicted octanol–water partition coefficient (Wildman–Crippen LogP) is 1.62. The summed E-state index contributed by atoms with van der Waals surface area (Å²) in [4.78, 5) is 12.3. The molecule has 0 fully saturated rings. The lowest BCUT2D eigenvalue weighted by atomic mass is 10.2. The van der Waals surface area contributed by atoms with Crippen molar-refractivity contribution in [3.05, 3.63) is 48.0 Å². The van der Waals surface area contributed by atoms with Crippen LogP contribution in [0.25, 0.3) is 0 Å². The molecule has 1 amide bonds. The fourth-order valence-corrected chi connectivity index (χ4v) is 3.57. The summed E-state index contributed by atoms with van der Waals surface area (Å²) in [6.45, 7) is 0.374. The van der Waals surface area contributed by atoms with Gasteiger partial charge >= 0.3 is 0 Å². The van der Waals surface area contributed by atoms with Crippen molar-refractivity contribution in [2.45, 2.75) is 0 Å². The Kier molecular flexibility index (Phi) is 5.41. The van der Waals surface area contributed by atoms with E-state index < -0.39 is 10.0 Å². The van der Waals surface area contributed by atoms with Crippen molar-refractivity contribution in [2.75, 3.05) is 37.6 Å². The van der Waals surface area contributed by atoms with Crippen molar-refractivity contribution in [3.63, 3.8) is 0 Å². The minimum atomic E-state index is -3.50. The van der Waals surface area contributed by atoms with E-state index in [1.807, 2.05) is 0 Å². The quantitative estimate of drug-likeness (QED) is 0.770. The maximum Gasteiger partial charge on any atom is 0.251 e. The number of ether oxygens (including phenoxy) is 3. The Labute approximate surface area is 157 Å². The van der Waals surface area contributed by atoms with Crippen LogP contribution in [0.3, 0.4) is 0 Å². The smallest absolute Gasteiger partial charge is 0.251 e. The second-order valence-corrected chi connectivity index (χ2v) is 7.76. The third kappa shape index (κ3) is 4.43. The van der Waals surface area contributed by atoms with Crippen molar-refractivity contribution < 1.29 is 27.4 Å². The van der Waals surface area contributed by atoms with E-state index in [-0.39, 0.29) is 25.8 Å². The molecule has 0 spiro atoms. The Morgan fingerprint density at radius 1 is 1.15 bits per heavy atom. The van der Waals surface area contributed by atoms with Crippen molar-refractivity contribution >= 4 is 21.6 Å². The number of sulfonamides is 1.